The molecule has 0 spiro atoms. The van der Waals surface area contributed by atoms with Crippen molar-refractivity contribution in [1.82, 2.24) is 20.2 Å². The maximum Gasteiger partial charge on any atom is 0.340 e. The molecule has 1 aliphatic rings. The summed E-state index contributed by atoms with van der Waals surface area (Å²) in [6.45, 7) is 5.97. The van der Waals surface area contributed by atoms with Gasteiger partial charge in [0, 0.05) is 32.2 Å². The summed E-state index contributed by atoms with van der Waals surface area (Å²) in [5.41, 5.74) is 1.52. The number of amides is 2. The highest BCUT2D eigenvalue weighted by Gasteiger charge is 2.23. The molecule has 1 aliphatic heterocycles. The molecule has 0 radical (unpaired) electrons. The summed E-state index contributed by atoms with van der Waals surface area (Å²) in [6, 6.07) is 8.99. The molecule has 1 saturated heterocycles. The monoisotopic (exact) mass is 493 g/mol. The molecule has 176 valence electrons. The molecule has 0 saturated carbocycles. The van der Waals surface area contributed by atoms with Crippen LogP contribution < -0.4 is 14.8 Å². The fraction of sp³-hybridized carbons (Fsp3) is 0.333. The maximum absolute atomic E-state index is 12.7. The number of anilines is 1. The first-order valence-corrected chi connectivity index (χ1v) is 12.1. The Kier molecular flexibility index (Phi) is 7.03. The van der Waals surface area contributed by atoms with Crippen LogP contribution in [-0.2, 0) is 14.9 Å². The highest BCUT2D eigenvalue weighted by atomic mass is 35.5. The third-order valence-corrected chi connectivity index (χ3v) is 7.00. The second kappa shape index (κ2) is 9.96. The zero-order valence-electron chi connectivity index (χ0n) is 17.9. The number of aromatic amines is 1. The lowest BCUT2D eigenvalue weighted by Gasteiger charge is -2.26. The molecule has 3 N–H and O–H groups in total. The maximum atomic E-state index is 12.7. The van der Waals surface area contributed by atoms with Gasteiger partial charge in [-0.05, 0) is 30.7 Å². The molecule has 4 rings (SSSR count). The van der Waals surface area contributed by atoms with Crippen molar-refractivity contribution in [2.24, 2.45) is 0 Å². The van der Waals surface area contributed by atoms with Crippen molar-refractivity contribution < 1.29 is 22.1 Å². The van der Waals surface area contributed by atoms with Gasteiger partial charge in [0.25, 0.3) is 0 Å². The second-order valence-corrected chi connectivity index (χ2v) is 9.41. The number of imidazole rings is 1. The van der Waals surface area contributed by atoms with Crippen LogP contribution in [0.3, 0.4) is 0 Å². The molecule has 0 atom stereocenters. The Morgan fingerprint density at radius 2 is 2.06 bits per heavy atom. The van der Waals surface area contributed by atoms with Gasteiger partial charge in [0.05, 0.1) is 29.3 Å². The van der Waals surface area contributed by atoms with Gasteiger partial charge >= 0.3 is 16.1 Å². The summed E-state index contributed by atoms with van der Waals surface area (Å²) in [7, 11) is -4.14. The van der Waals surface area contributed by atoms with E-state index < -0.39 is 16.1 Å². The number of nitrogens with one attached hydrogen (secondary N) is 3. The number of carbonyl (C=O) groups is 1. The third-order valence-electron chi connectivity index (χ3n) is 5.12. The van der Waals surface area contributed by atoms with Crippen molar-refractivity contribution in [3.8, 4) is 5.75 Å². The van der Waals surface area contributed by atoms with Crippen LogP contribution in [0.1, 0.15) is 5.56 Å². The molecule has 3 aromatic rings. The van der Waals surface area contributed by atoms with Crippen molar-refractivity contribution in [2.75, 3.05) is 44.7 Å². The van der Waals surface area contributed by atoms with Crippen molar-refractivity contribution in [2.45, 2.75) is 11.8 Å². The first-order chi connectivity index (χ1) is 15.8. The molecule has 2 amide bonds. The van der Waals surface area contributed by atoms with Crippen LogP contribution in [-0.4, -0.2) is 68.7 Å². The minimum atomic E-state index is -4.14. The van der Waals surface area contributed by atoms with E-state index >= 15 is 0 Å². The Morgan fingerprint density at radius 3 is 2.82 bits per heavy atom. The van der Waals surface area contributed by atoms with Gasteiger partial charge in [-0.1, -0.05) is 23.7 Å². The van der Waals surface area contributed by atoms with Crippen LogP contribution in [0.2, 0.25) is 5.02 Å². The largest absolute Gasteiger partial charge is 0.379 e. The van der Waals surface area contributed by atoms with Crippen molar-refractivity contribution in [3.63, 3.8) is 0 Å². The van der Waals surface area contributed by atoms with Gasteiger partial charge in [0.2, 0.25) is 5.95 Å². The number of aromatic nitrogens is 2. The van der Waals surface area contributed by atoms with E-state index in [0.717, 1.165) is 19.6 Å². The quantitative estimate of drug-likeness (QED) is 0.432. The van der Waals surface area contributed by atoms with Crippen LogP contribution in [0.5, 0.6) is 5.75 Å². The molecule has 0 unspecified atom stereocenters. The van der Waals surface area contributed by atoms with Gasteiger partial charge in [-0.2, -0.15) is 8.42 Å². The summed E-state index contributed by atoms with van der Waals surface area (Å²) in [5.74, 6) is 0.311. The number of morpholine rings is 1. The van der Waals surface area contributed by atoms with E-state index in [9.17, 15) is 13.2 Å². The number of hydrogen-bond acceptors (Lipinski definition) is 7. The molecule has 33 heavy (non-hydrogen) atoms. The lowest BCUT2D eigenvalue weighted by Crippen LogP contribution is -2.42. The number of benzene rings is 2. The van der Waals surface area contributed by atoms with Gasteiger partial charge in [0.1, 0.15) is 10.6 Å². The lowest BCUT2D eigenvalue weighted by molar-refractivity contribution is 0.0388. The Bertz CT molecular complexity index is 1240. The Morgan fingerprint density at radius 1 is 1.27 bits per heavy atom. The molecule has 2 aromatic carbocycles. The average Bonchev–Trinajstić information content (AvgIpc) is 3.15. The fourth-order valence-electron chi connectivity index (χ4n) is 3.50. The normalized spacial score (nSPS) is 14.8. The molecular weight excluding hydrogens is 470 g/mol. The molecule has 12 heteroatoms. The second-order valence-electron chi connectivity index (χ2n) is 7.52. The number of hydrogen-bond donors (Lipinski definition) is 3. The molecule has 1 aromatic heterocycles. The lowest BCUT2D eigenvalue weighted by atomic mass is 10.2. The summed E-state index contributed by atoms with van der Waals surface area (Å²) in [6.07, 6.45) is 0. The van der Waals surface area contributed by atoms with Crippen molar-refractivity contribution >= 4 is 44.7 Å². The average molecular weight is 494 g/mol. The number of ether oxygens (including phenoxy) is 1. The number of aryl methyl sites for hydroxylation is 1. The van der Waals surface area contributed by atoms with Gasteiger partial charge in [-0.15, -0.1) is 0 Å². The number of rotatable bonds is 7. The topological polar surface area (TPSA) is 126 Å². The smallest absolute Gasteiger partial charge is 0.340 e. The first kappa shape index (κ1) is 23.3. The highest BCUT2D eigenvalue weighted by Crippen LogP contribution is 2.29. The minimum Gasteiger partial charge on any atom is -0.379 e. The molecular formula is C21H24ClN5O5S. The molecule has 0 bridgehead atoms. The van der Waals surface area contributed by atoms with E-state index in [1.807, 2.05) is 0 Å². The number of halogens is 1. The Labute approximate surface area is 196 Å². The summed E-state index contributed by atoms with van der Waals surface area (Å²) in [5, 5.41) is 5.51. The molecule has 1 fully saturated rings. The minimum absolute atomic E-state index is 0.0785. The highest BCUT2D eigenvalue weighted by molar-refractivity contribution is 7.87. The molecule has 0 aliphatic carbocycles. The summed E-state index contributed by atoms with van der Waals surface area (Å²) >= 11 is 6.08. The molecule has 10 nitrogen and oxygen atoms in total. The SMILES string of the molecule is Cc1cccc(Cl)c1S(=O)(=O)Oc1ccc2[nH]c(NC(=O)NCCN3CCOCC3)nc2c1. The Balaban J connectivity index is 1.39. The van der Waals surface area contributed by atoms with Crippen molar-refractivity contribution in [3.05, 3.63) is 47.0 Å². The zero-order chi connectivity index (χ0) is 23.4. The number of nitrogens with zero attached hydrogens (tertiary/aromatic N) is 2. The van der Waals surface area contributed by atoms with E-state index in [0.29, 0.717) is 36.4 Å². The number of fused-ring (bicyclic) bond motifs is 1. The van der Waals surface area contributed by atoms with Crippen LogP contribution >= 0.6 is 11.6 Å². The van der Waals surface area contributed by atoms with E-state index in [4.69, 9.17) is 20.5 Å². The van der Waals surface area contributed by atoms with Crippen LogP contribution in [0, 0.1) is 6.92 Å². The summed E-state index contributed by atoms with van der Waals surface area (Å²) < 4.78 is 36.0. The van der Waals surface area contributed by atoms with E-state index in [1.54, 1.807) is 25.1 Å². The number of carbonyl (C=O) groups excluding carboxylic acids is 1. The molecule has 2 heterocycles. The predicted octanol–water partition coefficient (Wildman–Crippen LogP) is 2.75. The summed E-state index contributed by atoms with van der Waals surface area (Å²) in [4.78, 5) is 21.6. The standard InChI is InChI=1S/C21H24ClN5O5S/c1-14-3-2-4-16(22)19(14)33(29,30)32-15-5-6-17-18(13-15)25-20(24-17)26-21(28)23-7-8-27-9-11-31-12-10-27/h2-6,13H,7-12H2,1H3,(H3,23,24,25,26,28). The van der Waals surface area contributed by atoms with Gasteiger partial charge in [-0.25, -0.2) is 9.78 Å². The van der Waals surface area contributed by atoms with Gasteiger partial charge in [-0.3, -0.25) is 10.2 Å². The van der Waals surface area contributed by atoms with Crippen LogP contribution in [0.15, 0.2) is 41.3 Å². The van der Waals surface area contributed by atoms with Crippen molar-refractivity contribution in [1.29, 1.82) is 0 Å². The zero-order valence-corrected chi connectivity index (χ0v) is 19.5. The predicted molar refractivity (Wildman–Crippen MR) is 124 cm³/mol. The van der Waals surface area contributed by atoms with Gasteiger partial charge < -0.3 is 19.2 Å². The van der Waals surface area contributed by atoms with Crippen LogP contribution in [0.4, 0.5) is 10.7 Å². The van der Waals surface area contributed by atoms with Crippen LogP contribution in [0.25, 0.3) is 11.0 Å². The van der Waals surface area contributed by atoms with E-state index in [2.05, 4.69) is 25.5 Å². The van der Waals surface area contributed by atoms with E-state index in [-0.39, 0.29) is 21.6 Å². The Hall–Kier alpha value is -2.86. The third kappa shape index (κ3) is 5.74. The van der Waals surface area contributed by atoms with Gasteiger partial charge in [0.15, 0.2) is 0 Å². The number of H-pyrrole nitrogens is 1. The fourth-order valence-corrected chi connectivity index (χ4v) is 5.22. The number of urea groups is 1. The first-order valence-electron chi connectivity index (χ1n) is 10.4. The van der Waals surface area contributed by atoms with E-state index in [1.165, 1.54) is 18.2 Å².